The summed E-state index contributed by atoms with van der Waals surface area (Å²) in [6.45, 7) is 3.13. The Morgan fingerprint density at radius 3 is 2.31 bits per heavy atom. The van der Waals surface area contributed by atoms with Crippen molar-refractivity contribution in [2.24, 2.45) is 5.73 Å². The average Bonchev–Trinajstić information content (AvgIpc) is 2.10. The molecule has 0 saturated heterocycles. The molecule has 0 rings (SSSR count). The van der Waals surface area contributed by atoms with Crippen LogP contribution < -0.4 is 69.2 Å². The number of ether oxygens (including phenoxy) is 2. The molecule has 1 amide bonds. The van der Waals surface area contributed by atoms with Gasteiger partial charge in [0.25, 0.3) is 0 Å². The third kappa shape index (κ3) is 15.9. The SMILES string of the molecule is NCCOCCOCCN[C-]=O.[Rb+]. The molecule has 6 heteroatoms. The van der Waals surface area contributed by atoms with Crippen LogP contribution in [0.1, 0.15) is 0 Å². The molecule has 0 unspecified atom stereocenters. The van der Waals surface area contributed by atoms with E-state index in [1.807, 2.05) is 0 Å². The monoisotopic (exact) mass is 260 g/mol. The van der Waals surface area contributed by atoms with Gasteiger partial charge in [-0.05, 0) is 0 Å². The molecule has 0 aromatic heterocycles. The van der Waals surface area contributed by atoms with E-state index in [2.05, 4.69) is 5.32 Å². The maximum absolute atomic E-state index is 9.65. The Morgan fingerprint density at radius 1 is 1.15 bits per heavy atom. The number of rotatable bonds is 9. The number of amides is 1. The van der Waals surface area contributed by atoms with Gasteiger partial charge in [0, 0.05) is 13.1 Å². The summed E-state index contributed by atoms with van der Waals surface area (Å²) in [4.78, 5) is 9.65. The molecule has 0 saturated carbocycles. The van der Waals surface area contributed by atoms with Crippen molar-refractivity contribution in [1.82, 2.24) is 5.32 Å². The quantitative estimate of drug-likeness (QED) is 0.250. The van der Waals surface area contributed by atoms with Crippen molar-refractivity contribution in [3.05, 3.63) is 0 Å². The summed E-state index contributed by atoms with van der Waals surface area (Å²) < 4.78 is 10.1. The molecule has 0 atom stereocenters. The van der Waals surface area contributed by atoms with Gasteiger partial charge in [-0.2, -0.15) is 6.41 Å². The fraction of sp³-hybridized carbons (Fsp3) is 0.857. The van der Waals surface area contributed by atoms with Crippen LogP contribution in [0.25, 0.3) is 0 Å². The van der Waals surface area contributed by atoms with E-state index < -0.39 is 0 Å². The van der Waals surface area contributed by atoms with Crippen molar-refractivity contribution in [2.75, 3.05) is 39.5 Å². The number of hydrogen-bond acceptors (Lipinski definition) is 4. The van der Waals surface area contributed by atoms with Gasteiger partial charge in [0.15, 0.2) is 0 Å². The van der Waals surface area contributed by atoms with Crippen LogP contribution >= 0.6 is 0 Å². The fourth-order valence-electron chi connectivity index (χ4n) is 0.580. The minimum atomic E-state index is 0. The second-order valence-corrected chi connectivity index (χ2v) is 2.04. The van der Waals surface area contributed by atoms with Crippen molar-refractivity contribution < 1.29 is 72.5 Å². The first kappa shape index (κ1) is 16.6. The first-order valence-electron chi connectivity index (χ1n) is 3.87. The molecule has 0 radical (unpaired) electrons. The van der Waals surface area contributed by atoms with Crippen LogP contribution in [-0.4, -0.2) is 45.9 Å². The fourth-order valence-corrected chi connectivity index (χ4v) is 0.580. The van der Waals surface area contributed by atoms with Crippen LogP contribution in [0.15, 0.2) is 0 Å². The van der Waals surface area contributed by atoms with Crippen molar-refractivity contribution in [3.8, 4) is 0 Å². The summed E-state index contributed by atoms with van der Waals surface area (Å²) in [5.41, 5.74) is 5.19. The molecule has 0 aliphatic rings. The number of nitrogens with two attached hydrogens (primary N) is 1. The molecule has 72 valence electrons. The van der Waals surface area contributed by atoms with Crippen LogP contribution in [0.4, 0.5) is 0 Å². The van der Waals surface area contributed by atoms with Gasteiger partial charge in [-0.15, -0.1) is 0 Å². The van der Waals surface area contributed by atoms with Gasteiger partial charge in [0.1, 0.15) is 0 Å². The Morgan fingerprint density at radius 2 is 1.77 bits per heavy atom. The Bertz CT molecular complexity index is 106. The minimum absolute atomic E-state index is 0. The van der Waals surface area contributed by atoms with Gasteiger partial charge >= 0.3 is 58.2 Å². The van der Waals surface area contributed by atoms with E-state index in [4.69, 9.17) is 15.2 Å². The van der Waals surface area contributed by atoms with Crippen LogP contribution in [-0.2, 0) is 14.3 Å². The Kier molecular flexibility index (Phi) is 19.9. The Balaban J connectivity index is 0. The van der Waals surface area contributed by atoms with Crippen LogP contribution in [0.3, 0.4) is 0 Å². The number of nitrogens with one attached hydrogen (secondary N) is 1. The summed E-state index contributed by atoms with van der Waals surface area (Å²) in [7, 11) is 0. The molecule has 3 N–H and O–H groups in total. The zero-order chi connectivity index (χ0) is 9.07. The second kappa shape index (κ2) is 15.6. The van der Waals surface area contributed by atoms with E-state index in [1.54, 1.807) is 6.41 Å². The van der Waals surface area contributed by atoms with Gasteiger partial charge in [0.05, 0.1) is 26.4 Å². The molecule has 0 heterocycles. The minimum Gasteiger partial charge on any atom is -0.528 e. The van der Waals surface area contributed by atoms with E-state index in [1.165, 1.54) is 0 Å². The van der Waals surface area contributed by atoms with Crippen molar-refractivity contribution >= 4 is 6.41 Å². The zero-order valence-electron chi connectivity index (χ0n) is 8.04. The molecule has 5 nitrogen and oxygen atoms in total. The molecule has 0 bridgehead atoms. The predicted octanol–water partition coefficient (Wildman–Crippen LogP) is -4.36. The molecule has 0 aliphatic heterocycles. The first-order valence-corrected chi connectivity index (χ1v) is 3.87. The average molecular weight is 261 g/mol. The van der Waals surface area contributed by atoms with E-state index in [-0.39, 0.29) is 58.2 Å². The molecular weight excluding hydrogens is 246 g/mol. The summed E-state index contributed by atoms with van der Waals surface area (Å²) in [5.74, 6) is 0. The molecule has 0 aromatic carbocycles. The van der Waals surface area contributed by atoms with E-state index in [9.17, 15) is 4.79 Å². The molecule has 0 fully saturated rings. The van der Waals surface area contributed by atoms with Crippen LogP contribution in [0.5, 0.6) is 0 Å². The topological polar surface area (TPSA) is 73.6 Å². The summed E-state index contributed by atoms with van der Waals surface area (Å²) >= 11 is 0. The third-order valence-corrected chi connectivity index (χ3v) is 1.08. The van der Waals surface area contributed by atoms with Gasteiger partial charge in [-0.3, -0.25) is 0 Å². The number of carbonyl (C=O) groups excluding carboxylic acids is 1. The molecule has 0 aliphatic carbocycles. The molecular formula is C7H15N2O3Rb. The van der Waals surface area contributed by atoms with E-state index in [0.29, 0.717) is 39.5 Å². The second-order valence-electron chi connectivity index (χ2n) is 2.04. The molecule has 0 aromatic rings. The van der Waals surface area contributed by atoms with E-state index >= 15 is 0 Å². The summed E-state index contributed by atoms with van der Waals surface area (Å²) in [5, 5.41) is 2.36. The maximum atomic E-state index is 9.65. The summed E-state index contributed by atoms with van der Waals surface area (Å²) in [6, 6.07) is 0. The van der Waals surface area contributed by atoms with Crippen LogP contribution in [0.2, 0.25) is 0 Å². The van der Waals surface area contributed by atoms with Gasteiger partial charge in [-0.25, -0.2) is 0 Å². The maximum Gasteiger partial charge on any atom is 1.00 e. The van der Waals surface area contributed by atoms with E-state index in [0.717, 1.165) is 0 Å². The first-order chi connectivity index (χ1) is 5.91. The van der Waals surface area contributed by atoms with Crippen molar-refractivity contribution in [2.45, 2.75) is 0 Å². The van der Waals surface area contributed by atoms with Crippen molar-refractivity contribution in [1.29, 1.82) is 0 Å². The van der Waals surface area contributed by atoms with Gasteiger partial charge < -0.3 is 25.3 Å². The van der Waals surface area contributed by atoms with Gasteiger partial charge in [-0.1, -0.05) is 0 Å². The number of hydrogen-bond donors (Lipinski definition) is 2. The zero-order valence-corrected chi connectivity index (χ0v) is 13.0. The van der Waals surface area contributed by atoms with Crippen LogP contribution in [0, 0.1) is 0 Å². The largest absolute Gasteiger partial charge is 1.00 e. The molecule has 0 spiro atoms. The van der Waals surface area contributed by atoms with Crippen molar-refractivity contribution in [3.63, 3.8) is 0 Å². The predicted molar refractivity (Wildman–Crippen MR) is 44.4 cm³/mol. The third-order valence-electron chi connectivity index (χ3n) is 1.08. The Hall–Kier alpha value is 1.16. The molecule has 13 heavy (non-hydrogen) atoms. The van der Waals surface area contributed by atoms with Gasteiger partial charge in [0.2, 0.25) is 0 Å². The Labute approximate surface area is 128 Å². The smallest absolute Gasteiger partial charge is 0.528 e. The normalized spacial score (nSPS) is 9.00. The summed E-state index contributed by atoms with van der Waals surface area (Å²) in [6.07, 6.45) is 1.55. The standard InChI is InChI=1S/C7H15N2O3.Rb/c8-1-3-11-5-6-12-4-2-9-7-10;/h1-6,8H2,(H,9,10);/q-1;+1.